The van der Waals surface area contributed by atoms with Crippen LogP contribution in [-0.4, -0.2) is 32.9 Å². The second kappa shape index (κ2) is 14.2. The summed E-state index contributed by atoms with van der Waals surface area (Å²) in [7, 11) is -3.73. The quantitative estimate of drug-likeness (QED) is 0.224. The molecule has 0 saturated heterocycles. The Bertz CT molecular complexity index is 1280. The predicted molar refractivity (Wildman–Crippen MR) is 152 cm³/mol. The molecule has 0 fully saturated rings. The van der Waals surface area contributed by atoms with Gasteiger partial charge in [0.1, 0.15) is 6.04 Å². The molecule has 0 unspecified atom stereocenters. The van der Waals surface area contributed by atoms with Crippen LogP contribution in [0.1, 0.15) is 43.7 Å². The highest BCUT2D eigenvalue weighted by atomic mass is 32.2. The van der Waals surface area contributed by atoms with Crippen molar-refractivity contribution in [1.29, 1.82) is 0 Å². The molecule has 38 heavy (non-hydrogen) atoms. The average Bonchev–Trinajstić information content (AvgIpc) is 2.90. The molecule has 3 rings (SSSR count). The van der Waals surface area contributed by atoms with E-state index in [1.165, 1.54) is 0 Å². The molecule has 0 bridgehead atoms. The number of urea groups is 1. The molecule has 0 aromatic heterocycles. The van der Waals surface area contributed by atoms with Gasteiger partial charge in [0.2, 0.25) is 5.91 Å². The molecular weight excluding hydrogens is 500 g/mol. The highest BCUT2D eigenvalue weighted by Crippen LogP contribution is 2.19. The summed E-state index contributed by atoms with van der Waals surface area (Å²) >= 11 is 0. The van der Waals surface area contributed by atoms with Crippen molar-refractivity contribution in [3.05, 3.63) is 90.0 Å². The summed E-state index contributed by atoms with van der Waals surface area (Å²) in [6, 6.07) is 21.1. The van der Waals surface area contributed by atoms with Crippen LogP contribution in [0.5, 0.6) is 0 Å². The Balaban J connectivity index is 1.59. The molecule has 0 heterocycles. The summed E-state index contributed by atoms with van der Waals surface area (Å²) in [6.45, 7) is 4.58. The zero-order valence-corrected chi connectivity index (χ0v) is 22.7. The molecule has 0 aliphatic heterocycles. The third-order valence-electron chi connectivity index (χ3n) is 5.96. The largest absolute Gasteiger partial charge is 0.354 e. The zero-order valence-electron chi connectivity index (χ0n) is 21.9. The molecule has 0 aliphatic carbocycles. The number of benzene rings is 3. The lowest BCUT2D eigenvalue weighted by Gasteiger charge is -2.19. The van der Waals surface area contributed by atoms with Gasteiger partial charge in [-0.3, -0.25) is 9.52 Å². The Labute approximate surface area is 225 Å². The minimum Gasteiger partial charge on any atom is -0.354 e. The van der Waals surface area contributed by atoms with E-state index in [4.69, 9.17) is 0 Å². The predicted octanol–water partition coefficient (Wildman–Crippen LogP) is 5.23. The lowest BCUT2D eigenvalue weighted by molar-refractivity contribution is -0.122. The topological polar surface area (TPSA) is 116 Å². The molecule has 0 aliphatic rings. The first kappa shape index (κ1) is 28.7. The average molecular weight is 537 g/mol. The van der Waals surface area contributed by atoms with Crippen LogP contribution in [0.25, 0.3) is 0 Å². The smallest absolute Gasteiger partial charge is 0.319 e. The molecule has 8 nitrogen and oxygen atoms in total. The van der Waals surface area contributed by atoms with E-state index < -0.39 is 22.1 Å². The molecule has 9 heteroatoms. The van der Waals surface area contributed by atoms with Gasteiger partial charge in [-0.1, -0.05) is 74.2 Å². The van der Waals surface area contributed by atoms with Crippen molar-refractivity contribution >= 4 is 33.3 Å². The number of carbonyl (C=O) groups is 2. The van der Waals surface area contributed by atoms with Crippen LogP contribution >= 0.6 is 0 Å². The van der Waals surface area contributed by atoms with Crippen molar-refractivity contribution < 1.29 is 18.0 Å². The van der Waals surface area contributed by atoms with Crippen LogP contribution in [0.2, 0.25) is 0 Å². The van der Waals surface area contributed by atoms with E-state index >= 15 is 0 Å². The lowest BCUT2D eigenvalue weighted by atomic mass is 10.1. The van der Waals surface area contributed by atoms with Gasteiger partial charge >= 0.3 is 6.03 Å². The number of unbranched alkanes of at least 4 members (excludes halogenated alkanes) is 3. The Morgan fingerprint density at radius 3 is 2.13 bits per heavy atom. The van der Waals surface area contributed by atoms with Gasteiger partial charge in [-0.05, 0) is 55.3 Å². The fraction of sp³-hybridized carbons (Fsp3) is 0.310. The molecule has 0 radical (unpaired) electrons. The van der Waals surface area contributed by atoms with Crippen molar-refractivity contribution in [2.45, 2.75) is 56.9 Å². The molecule has 3 aromatic carbocycles. The standard InChI is InChI=1S/C29H36N4O4S/c1-3-4-5-9-20-30-28(34)27(21-23-10-7-6-8-11-23)32-29(35)31-24-14-16-25(17-15-24)33-38(36,37)26-18-12-22(2)13-19-26/h6-8,10-19,27,33H,3-5,9,20-21H2,1-2H3,(H,30,34)(H2,31,32,35)/t27-/m1/s1. The van der Waals surface area contributed by atoms with Crippen LogP contribution in [0.4, 0.5) is 16.2 Å². The monoisotopic (exact) mass is 536 g/mol. The molecule has 0 saturated carbocycles. The molecule has 3 amide bonds. The molecule has 3 aromatic rings. The van der Waals surface area contributed by atoms with Crippen molar-refractivity contribution in [2.75, 3.05) is 16.6 Å². The third kappa shape index (κ3) is 9.23. The molecule has 202 valence electrons. The summed E-state index contributed by atoms with van der Waals surface area (Å²) in [5.41, 5.74) is 2.72. The Hall–Kier alpha value is -3.85. The number of carbonyl (C=O) groups excluding carboxylic acids is 2. The summed E-state index contributed by atoms with van der Waals surface area (Å²) in [6.07, 6.45) is 4.53. The second-order valence-electron chi connectivity index (χ2n) is 9.19. The molecule has 4 N–H and O–H groups in total. The Morgan fingerprint density at radius 1 is 0.816 bits per heavy atom. The molecule has 0 spiro atoms. The minimum absolute atomic E-state index is 0.165. The van der Waals surface area contributed by atoms with Gasteiger partial charge in [-0.15, -0.1) is 0 Å². The number of hydrogen-bond acceptors (Lipinski definition) is 4. The fourth-order valence-electron chi connectivity index (χ4n) is 3.82. The fourth-order valence-corrected chi connectivity index (χ4v) is 4.88. The van der Waals surface area contributed by atoms with E-state index in [1.54, 1.807) is 48.5 Å². The van der Waals surface area contributed by atoms with Crippen molar-refractivity contribution in [1.82, 2.24) is 10.6 Å². The van der Waals surface area contributed by atoms with E-state index in [0.29, 0.717) is 24.3 Å². The van der Waals surface area contributed by atoms with Gasteiger partial charge in [-0.25, -0.2) is 13.2 Å². The van der Waals surface area contributed by atoms with Crippen LogP contribution in [0, 0.1) is 6.92 Å². The summed E-state index contributed by atoms with van der Waals surface area (Å²) in [5.74, 6) is -0.235. The SMILES string of the molecule is CCCCCCNC(=O)[C@@H](Cc1ccccc1)NC(=O)Nc1ccc(NS(=O)(=O)c2ccc(C)cc2)cc1. The van der Waals surface area contributed by atoms with E-state index in [2.05, 4.69) is 27.6 Å². The van der Waals surface area contributed by atoms with Gasteiger partial charge in [-0.2, -0.15) is 0 Å². The lowest BCUT2D eigenvalue weighted by Crippen LogP contribution is -2.49. The number of aryl methyl sites for hydroxylation is 1. The van der Waals surface area contributed by atoms with Gasteiger partial charge in [0, 0.05) is 24.3 Å². The van der Waals surface area contributed by atoms with E-state index in [-0.39, 0.29) is 10.8 Å². The maximum atomic E-state index is 12.9. The maximum absolute atomic E-state index is 12.9. The number of anilines is 2. The van der Waals surface area contributed by atoms with Crippen molar-refractivity contribution in [3.63, 3.8) is 0 Å². The number of hydrogen-bond donors (Lipinski definition) is 4. The summed E-state index contributed by atoms with van der Waals surface area (Å²) in [5, 5.41) is 8.42. The third-order valence-corrected chi connectivity index (χ3v) is 7.36. The van der Waals surface area contributed by atoms with Gasteiger partial charge in [0.05, 0.1) is 4.90 Å². The normalized spacial score (nSPS) is 11.8. The van der Waals surface area contributed by atoms with Gasteiger partial charge in [0.25, 0.3) is 10.0 Å². The number of nitrogens with one attached hydrogen (secondary N) is 4. The molecular formula is C29H36N4O4S. The maximum Gasteiger partial charge on any atom is 0.319 e. The van der Waals surface area contributed by atoms with Crippen molar-refractivity contribution in [3.8, 4) is 0 Å². The van der Waals surface area contributed by atoms with Crippen LogP contribution in [-0.2, 0) is 21.2 Å². The Kier molecular flexibility index (Phi) is 10.7. The zero-order chi connectivity index (χ0) is 27.4. The number of sulfonamides is 1. The van der Waals surface area contributed by atoms with Gasteiger partial charge in [0.15, 0.2) is 0 Å². The van der Waals surface area contributed by atoms with E-state index in [1.807, 2.05) is 37.3 Å². The van der Waals surface area contributed by atoms with Crippen LogP contribution < -0.4 is 20.7 Å². The molecule has 1 atom stereocenters. The first-order valence-electron chi connectivity index (χ1n) is 12.9. The minimum atomic E-state index is -3.73. The Morgan fingerprint density at radius 2 is 1.47 bits per heavy atom. The first-order valence-corrected chi connectivity index (χ1v) is 14.3. The van der Waals surface area contributed by atoms with Crippen LogP contribution in [0.15, 0.2) is 83.8 Å². The number of rotatable bonds is 13. The summed E-state index contributed by atoms with van der Waals surface area (Å²) in [4.78, 5) is 25.8. The van der Waals surface area contributed by atoms with Crippen molar-refractivity contribution in [2.24, 2.45) is 0 Å². The highest BCUT2D eigenvalue weighted by molar-refractivity contribution is 7.92. The van der Waals surface area contributed by atoms with E-state index in [0.717, 1.165) is 36.8 Å². The number of amides is 3. The van der Waals surface area contributed by atoms with Gasteiger partial charge < -0.3 is 16.0 Å². The summed E-state index contributed by atoms with van der Waals surface area (Å²) < 4.78 is 27.7. The second-order valence-corrected chi connectivity index (χ2v) is 10.9. The first-order chi connectivity index (χ1) is 18.3. The highest BCUT2D eigenvalue weighted by Gasteiger charge is 2.21. The van der Waals surface area contributed by atoms with Crippen LogP contribution in [0.3, 0.4) is 0 Å². The van der Waals surface area contributed by atoms with E-state index in [9.17, 15) is 18.0 Å².